The summed E-state index contributed by atoms with van der Waals surface area (Å²) in [5.41, 5.74) is 2.96. The van der Waals surface area contributed by atoms with Crippen molar-refractivity contribution in [1.29, 1.82) is 0 Å². The fourth-order valence-electron chi connectivity index (χ4n) is 4.64. The van der Waals surface area contributed by atoms with Crippen LogP contribution in [0.25, 0.3) is 0 Å². The molecule has 5 rings (SSSR count). The van der Waals surface area contributed by atoms with Gasteiger partial charge in [0, 0.05) is 11.8 Å². The van der Waals surface area contributed by atoms with Crippen molar-refractivity contribution in [2.75, 3.05) is 20.5 Å². The fraction of sp³-hybridized carbons (Fsp3) is 0.381. The Labute approximate surface area is 161 Å². The first-order chi connectivity index (χ1) is 13.5. The summed E-state index contributed by atoms with van der Waals surface area (Å²) >= 11 is 0. The van der Waals surface area contributed by atoms with Gasteiger partial charge in [0.25, 0.3) is 0 Å². The topological polar surface area (TPSA) is 94.5 Å². The molecule has 1 unspecified atom stereocenters. The zero-order valence-corrected chi connectivity index (χ0v) is 15.5. The Morgan fingerprint density at radius 1 is 1.07 bits per heavy atom. The van der Waals surface area contributed by atoms with Crippen molar-refractivity contribution in [1.82, 2.24) is 0 Å². The number of benzene rings is 2. The van der Waals surface area contributed by atoms with Gasteiger partial charge in [0.15, 0.2) is 23.0 Å². The van der Waals surface area contributed by atoms with Gasteiger partial charge in [-0.2, -0.15) is 0 Å². The van der Waals surface area contributed by atoms with Gasteiger partial charge in [0.05, 0.1) is 25.7 Å². The van der Waals surface area contributed by atoms with E-state index in [0.717, 1.165) is 11.1 Å². The van der Waals surface area contributed by atoms with Gasteiger partial charge in [-0.15, -0.1) is 0 Å². The Bertz CT molecular complexity index is 983. The smallest absolute Gasteiger partial charge is 0.310 e. The van der Waals surface area contributed by atoms with Gasteiger partial charge in [-0.1, -0.05) is 6.07 Å². The van der Waals surface area contributed by atoms with Crippen molar-refractivity contribution < 1.29 is 34.0 Å². The molecule has 28 heavy (non-hydrogen) atoms. The Morgan fingerprint density at radius 3 is 2.50 bits per heavy atom. The largest absolute Gasteiger partial charge is 0.504 e. The van der Waals surface area contributed by atoms with Crippen LogP contribution >= 0.6 is 0 Å². The maximum Gasteiger partial charge on any atom is 0.310 e. The van der Waals surface area contributed by atoms with Gasteiger partial charge < -0.3 is 29.2 Å². The number of aliphatic hydroxyl groups excluding tert-OH is 1. The number of aliphatic hydroxyl groups is 1. The lowest BCUT2D eigenvalue weighted by atomic mass is 9.66. The number of ether oxygens (including phenoxy) is 4. The predicted molar refractivity (Wildman–Crippen MR) is 96.7 cm³/mol. The molecule has 0 amide bonds. The molecule has 7 heteroatoms. The molecular weight excluding hydrogens is 364 g/mol. The summed E-state index contributed by atoms with van der Waals surface area (Å²) in [6.45, 7) is 2.08. The Morgan fingerprint density at radius 2 is 1.79 bits per heavy atom. The van der Waals surface area contributed by atoms with Crippen molar-refractivity contribution >= 4 is 5.97 Å². The van der Waals surface area contributed by atoms with Gasteiger partial charge in [-0.3, -0.25) is 4.79 Å². The first kappa shape index (κ1) is 17.2. The van der Waals surface area contributed by atoms with Crippen LogP contribution in [0.3, 0.4) is 0 Å². The van der Waals surface area contributed by atoms with E-state index in [0.29, 0.717) is 28.4 Å². The van der Waals surface area contributed by atoms with E-state index in [2.05, 4.69) is 0 Å². The average Bonchev–Trinajstić information content (AvgIpc) is 3.30. The van der Waals surface area contributed by atoms with Gasteiger partial charge in [0.1, 0.15) is 0 Å². The van der Waals surface area contributed by atoms with Crippen molar-refractivity contribution in [3.8, 4) is 23.0 Å². The Balaban J connectivity index is 1.75. The molecule has 146 valence electrons. The van der Waals surface area contributed by atoms with E-state index in [1.807, 2.05) is 12.1 Å². The van der Waals surface area contributed by atoms with Crippen molar-refractivity contribution in [2.24, 2.45) is 11.8 Å². The molecule has 3 aliphatic rings. The molecule has 4 atom stereocenters. The van der Waals surface area contributed by atoms with E-state index in [1.54, 1.807) is 19.1 Å². The van der Waals surface area contributed by atoms with Gasteiger partial charge >= 0.3 is 5.97 Å². The number of rotatable bonds is 2. The number of esters is 1. The van der Waals surface area contributed by atoms with Crippen LogP contribution in [-0.2, 0) is 9.53 Å². The number of carbonyl (C=O) groups is 1. The maximum absolute atomic E-state index is 12.6. The van der Waals surface area contributed by atoms with E-state index >= 15 is 0 Å². The Hall–Kier alpha value is -2.93. The molecule has 0 bridgehead atoms. The molecule has 2 heterocycles. The molecule has 0 radical (unpaired) electrons. The molecule has 2 aromatic rings. The molecule has 1 aliphatic carbocycles. The van der Waals surface area contributed by atoms with E-state index in [9.17, 15) is 15.0 Å². The van der Waals surface area contributed by atoms with E-state index in [-0.39, 0.29) is 37.0 Å². The molecule has 1 saturated heterocycles. The third kappa shape index (κ3) is 2.29. The van der Waals surface area contributed by atoms with Crippen LogP contribution in [-0.4, -0.2) is 36.7 Å². The van der Waals surface area contributed by atoms with Crippen LogP contribution in [0, 0.1) is 18.8 Å². The minimum Gasteiger partial charge on any atom is -0.504 e. The third-order valence-corrected chi connectivity index (χ3v) is 6.01. The summed E-state index contributed by atoms with van der Waals surface area (Å²) in [4.78, 5) is 12.6. The first-order valence-electron chi connectivity index (χ1n) is 9.15. The normalized spacial score (nSPS) is 27.2. The molecule has 2 aromatic carbocycles. The fourth-order valence-corrected chi connectivity index (χ4v) is 4.64. The second-order valence-corrected chi connectivity index (χ2v) is 7.47. The van der Waals surface area contributed by atoms with E-state index in [4.69, 9.17) is 18.9 Å². The van der Waals surface area contributed by atoms with Crippen molar-refractivity contribution in [3.63, 3.8) is 0 Å². The second-order valence-electron chi connectivity index (χ2n) is 7.47. The monoisotopic (exact) mass is 384 g/mol. The lowest BCUT2D eigenvalue weighted by Gasteiger charge is -2.37. The zero-order valence-electron chi connectivity index (χ0n) is 15.5. The quantitative estimate of drug-likeness (QED) is 0.768. The summed E-state index contributed by atoms with van der Waals surface area (Å²) in [5, 5.41) is 21.2. The van der Waals surface area contributed by atoms with E-state index < -0.39 is 12.0 Å². The third-order valence-electron chi connectivity index (χ3n) is 6.01. The molecule has 0 aromatic heterocycles. The van der Waals surface area contributed by atoms with Crippen LogP contribution in [0.5, 0.6) is 23.0 Å². The number of cyclic esters (lactones) is 1. The highest BCUT2D eigenvalue weighted by molar-refractivity contribution is 5.78. The Kier molecular flexibility index (Phi) is 3.71. The zero-order chi connectivity index (χ0) is 19.6. The molecule has 0 saturated carbocycles. The van der Waals surface area contributed by atoms with Crippen LogP contribution in [0.2, 0.25) is 0 Å². The number of methoxy groups -OCH3 is 1. The van der Waals surface area contributed by atoms with Crippen molar-refractivity contribution in [3.05, 3.63) is 46.5 Å². The number of carbonyl (C=O) groups excluding carboxylic acids is 1. The summed E-state index contributed by atoms with van der Waals surface area (Å²) in [5.74, 6) is -0.00187. The number of aromatic hydroxyl groups is 1. The van der Waals surface area contributed by atoms with Gasteiger partial charge in [0.2, 0.25) is 6.79 Å². The van der Waals surface area contributed by atoms with Crippen LogP contribution in [0.15, 0.2) is 24.3 Å². The van der Waals surface area contributed by atoms with Crippen LogP contribution in [0.1, 0.15) is 34.3 Å². The summed E-state index contributed by atoms with van der Waals surface area (Å²) < 4.78 is 21.6. The van der Waals surface area contributed by atoms with Gasteiger partial charge in [-0.05, 0) is 47.4 Å². The average molecular weight is 384 g/mol. The van der Waals surface area contributed by atoms with Crippen molar-refractivity contribution in [2.45, 2.75) is 18.9 Å². The predicted octanol–water partition coefficient (Wildman–Crippen LogP) is 2.41. The molecule has 2 N–H and O–H groups in total. The lowest BCUT2D eigenvalue weighted by Crippen LogP contribution is -2.34. The summed E-state index contributed by atoms with van der Waals surface area (Å²) in [7, 11) is 1.49. The summed E-state index contributed by atoms with van der Waals surface area (Å²) in [6, 6.07) is 7.21. The molecular formula is C21H20O7. The van der Waals surface area contributed by atoms with E-state index in [1.165, 1.54) is 7.11 Å². The number of hydrogen-bond donors (Lipinski definition) is 2. The molecule has 2 aliphatic heterocycles. The number of aryl methyl sites for hydroxylation is 1. The maximum atomic E-state index is 12.6. The number of phenolic OH excluding ortho intramolecular Hbond substituents is 1. The molecule has 0 spiro atoms. The van der Waals surface area contributed by atoms with Gasteiger partial charge in [-0.25, -0.2) is 0 Å². The van der Waals surface area contributed by atoms with Crippen LogP contribution in [0.4, 0.5) is 0 Å². The highest BCUT2D eigenvalue weighted by atomic mass is 16.7. The second kappa shape index (κ2) is 6.04. The lowest BCUT2D eigenvalue weighted by molar-refractivity contribution is -0.141. The van der Waals surface area contributed by atoms with Crippen LogP contribution < -0.4 is 14.2 Å². The number of fused-ring (bicyclic) bond motifs is 3. The number of phenols is 1. The highest BCUT2D eigenvalue weighted by Gasteiger charge is 2.52. The standard InChI is InChI=1S/C21H20O7/c1-9-3-10(4-16(25-2)19(9)22)17-11-5-14-15(28-8-27-14)6-12(11)20(23)13-7-26-21(24)18(13)17/h3-6,13,17-18,20,22-23H,7-8H2,1-2H3/t13?,17-,18+,20+/m1/s1. The molecule has 1 fully saturated rings. The minimum absolute atomic E-state index is 0.0681. The first-order valence-corrected chi connectivity index (χ1v) is 9.15. The molecule has 7 nitrogen and oxygen atoms in total. The minimum atomic E-state index is -0.836. The summed E-state index contributed by atoms with van der Waals surface area (Å²) in [6.07, 6.45) is -0.836. The number of hydrogen-bond acceptors (Lipinski definition) is 7. The highest BCUT2D eigenvalue weighted by Crippen LogP contribution is 2.54. The SMILES string of the molecule is COc1cc([C@@H]2c3cc4c(cc3[C@H](O)C3COC(=O)[C@@H]32)OCO4)cc(C)c1O.